The fourth-order valence-electron chi connectivity index (χ4n) is 3.17. The smallest absolute Gasteiger partial charge is 0.253 e. The zero-order valence-corrected chi connectivity index (χ0v) is 14.2. The van der Waals surface area contributed by atoms with Crippen LogP contribution in [-0.4, -0.2) is 59.1 Å². The van der Waals surface area contributed by atoms with Gasteiger partial charge in [-0.2, -0.15) is 5.10 Å². The molecule has 5 nitrogen and oxygen atoms in total. The van der Waals surface area contributed by atoms with Crippen molar-refractivity contribution in [3.05, 3.63) is 29.5 Å². The van der Waals surface area contributed by atoms with Gasteiger partial charge in [-0.3, -0.25) is 9.89 Å². The number of nitrogens with zero attached hydrogens (tertiary/aromatic N) is 3. The number of carbonyl (C=O) groups is 1. The second kappa shape index (κ2) is 5.95. The zero-order valence-electron chi connectivity index (χ0n) is 14.2. The van der Waals surface area contributed by atoms with E-state index in [1.807, 2.05) is 23.1 Å². The maximum Gasteiger partial charge on any atom is 0.253 e. The van der Waals surface area contributed by atoms with Crippen molar-refractivity contribution in [3.8, 4) is 11.8 Å². The molecule has 2 aliphatic rings. The van der Waals surface area contributed by atoms with E-state index in [0.29, 0.717) is 12.0 Å². The minimum Gasteiger partial charge on any atom is -0.337 e. The van der Waals surface area contributed by atoms with Gasteiger partial charge >= 0.3 is 0 Å². The molecule has 24 heavy (non-hydrogen) atoms. The third-order valence-electron chi connectivity index (χ3n) is 4.96. The number of carbonyl (C=O) groups excluding carboxylic acids is 1. The third kappa shape index (κ3) is 2.90. The van der Waals surface area contributed by atoms with Gasteiger partial charge in [0.1, 0.15) is 5.69 Å². The van der Waals surface area contributed by atoms with Crippen LogP contribution in [0.2, 0.25) is 0 Å². The van der Waals surface area contributed by atoms with Gasteiger partial charge in [0.2, 0.25) is 0 Å². The van der Waals surface area contributed by atoms with Crippen LogP contribution < -0.4 is 0 Å². The molecule has 1 aromatic carbocycles. The quantitative estimate of drug-likeness (QED) is 0.862. The second-order valence-corrected chi connectivity index (χ2v) is 7.03. The molecule has 5 heteroatoms. The summed E-state index contributed by atoms with van der Waals surface area (Å²) in [5.74, 6) is 7.08. The van der Waals surface area contributed by atoms with Crippen molar-refractivity contribution in [2.24, 2.45) is 5.92 Å². The van der Waals surface area contributed by atoms with Gasteiger partial charge in [0.25, 0.3) is 5.91 Å². The number of aromatic nitrogens is 2. The van der Waals surface area contributed by atoms with Crippen molar-refractivity contribution in [2.75, 3.05) is 27.2 Å². The Morgan fingerprint density at radius 2 is 2.17 bits per heavy atom. The van der Waals surface area contributed by atoms with Crippen molar-refractivity contribution >= 4 is 16.8 Å². The molecule has 1 saturated carbocycles. The minimum absolute atomic E-state index is 0.101. The molecule has 2 fully saturated rings. The molecule has 0 unspecified atom stereocenters. The van der Waals surface area contributed by atoms with Gasteiger partial charge in [-0.05, 0) is 57.5 Å². The fourth-order valence-corrected chi connectivity index (χ4v) is 3.17. The van der Waals surface area contributed by atoms with Crippen molar-refractivity contribution in [1.29, 1.82) is 0 Å². The van der Waals surface area contributed by atoms with Crippen LogP contribution in [0.3, 0.4) is 0 Å². The largest absolute Gasteiger partial charge is 0.337 e. The van der Waals surface area contributed by atoms with Gasteiger partial charge < -0.3 is 9.80 Å². The summed E-state index contributed by atoms with van der Waals surface area (Å²) in [4.78, 5) is 16.9. The van der Waals surface area contributed by atoms with Crippen LogP contribution in [-0.2, 0) is 0 Å². The van der Waals surface area contributed by atoms with E-state index in [4.69, 9.17) is 0 Å². The number of aromatic amines is 1. The number of hydrogen-bond donors (Lipinski definition) is 1. The van der Waals surface area contributed by atoms with Crippen LogP contribution in [0.25, 0.3) is 10.9 Å². The summed E-state index contributed by atoms with van der Waals surface area (Å²) in [6.45, 7) is 1.61. The number of H-pyrrole nitrogens is 1. The highest BCUT2D eigenvalue weighted by atomic mass is 16.2. The van der Waals surface area contributed by atoms with Crippen molar-refractivity contribution in [3.63, 3.8) is 0 Å². The van der Waals surface area contributed by atoms with Crippen LogP contribution in [0.1, 0.15) is 35.3 Å². The number of amides is 1. The van der Waals surface area contributed by atoms with Crippen LogP contribution in [0.5, 0.6) is 0 Å². The number of hydrogen-bond acceptors (Lipinski definition) is 3. The van der Waals surface area contributed by atoms with Gasteiger partial charge in [-0.15, -0.1) is 0 Å². The van der Waals surface area contributed by atoms with Crippen molar-refractivity contribution in [2.45, 2.75) is 25.3 Å². The molecule has 2 aromatic rings. The van der Waals surface area contributed by atoms with Crippen molar-refractivity contribution < 1.29 is 4.79 Å². The summed E-state index contributed by atoms with van der Waals surface area (Å²) in [7, 11) is 4.14. The Bertz CT molecular complexity index is 838. The number of likely N-dealkylation sites (N-methyl/N-ethyl adjacent to an activating group) is 1. The summed E-state index contributed by atoms with van der Waals surface area (Å²) >= 11 is 0. The van der Waals surface area contributed by atoms with Crippen LogP contribution in [0.4, 0.5) is 0 Å². The fraction of sp³-hybridized carbons (Fsp3) is 0.474. The SMILES string of the molecule is CN(C)[C@@H]1CCN(C(=O)c2ccc3n[nH]c(C#CC4CC4)c3c2)C1. The van der Waals surface area contributed by atoms with Crippen LogP contribution in [0.15, 0.2) is 18.2 Å². The molecule has 4 rings (SSSR count). The maximum absolute atomic E-state index is 12.8. The van der Waals surface area contributed by atoms with E-state index in [0.717, 1.165) is 41.7 Å². The summed E-state index contributed by atoms with van der Waals surface area (Å²) in [5.41, 5.74) is 2.40. The lowest BCUT2D eigenvalue weighted by Gasteiger charge is -2.20. The molecule has 1 saturated heterocycles. The average Bonchev–Trinajstić information content (AvgIpc) is 3.12. The van der Waals surface area contributed by atoms with E-state index in [1.54, 1.807) is 0 Å². The Balaban J connectivity index is 1.59. The van der Waals surface area contributed by atoms with Gasteiger partial charge in [0.15, 0.2) is 0 Å². The lowest BCUT2D eigenvalue weighted by atomic mass is 10.1. The average molecular weight is 322 g/mol. The molecular weight excluding hydrogens is 300 g/mol. The first-order chi connectivity index (χ1) is 11.6. The molecule has 0 radical (unpaired) electrons. The van der Waals surface area contributed by atoms with Crippen LogP contribution in [0, 0.1) is 17.8 Å². The predicted molar refractivity (Wildman–Crippen MR) is 93.7 cm³/mol. The lowest BCUT2D eigenvalue weighted by Crippen LogP contribution is -2.34. The summed E-state index contributed by atoms with van der Waals surface area (Å²) in [6.07, 6.45) is 3.43. The number of fused-ring (bicyclic) bond motifs is 1. The molecule has 1 atom stereocenters. The highest BCUT2D eigenvalue weighted by molar-refractivity contribution is 5.99. The van der Waals surface area contributed by atoms with Gasteiger partial charge in [0.05, 0.1) is 5.52 Å². The predicted octanol–water partition coefficient (Wildman–Crippen LogP) is 2.10. The molecule has 0 spiro atoms. The van der Waals surface area contributed by atoms with E-state index < -0.39 is 0 Å². The monoisotopic (exact) mass is 322 g/mol. The Hall–Kier alpha value is -2.32. The second-order valence-electron chi connectivity index (χ2n) is 7.03. The first-order valence-electron chi connectivity index (χ1n) is 8.57. The highest BCUT2D eigenvalue weighted by Crippen LogP contribution is 2.28. The number of rotatable bonds is 2. The van der Waals surface area contributed by atoms with E-state index in [-0.39, 0.29) is 5.91 Å². The van der Waals surface area contributed by atoms with Gasteiger partial charge in [-0.1, -0.05) is 5.92 Å². The Morgan fingerprint density at radius 1 is 1.33 bits per heavy atom. The van der Waals surface area contributed by atoms with Crippen molar-refractivity contribution in [1.82, 2.24) is 20.0 Å². The molecule has 2 heterocycles. The zero-order chi connectivity index (χ0) is 16.7. The summed E-state index contributed by atoms with van der Waals surface area (Å²) in [5, 5.41) is 8.23. The molecule has 1 aliphatic heterocycles. The van der Waals surface area contributed by atoms with E-state index in [9.17, 15) is 4.79 Å². The first-order valence-corrected chi connectivity index (χ1v) is 8.57. The number of benzene rings is 1. The lowest BCUT2D eigenvalue weighted by molar-refractivity contribution is 0.0783. The molecule has 1 N–H and O–H groups in total. The summed E-state index contributed by atoms with van der Waals surface area (Å²) < 4.78 is 0. The minimum atomic E-state index is 0.101. The maximum atomic E-state index is 12.8. The van der Waals surface area contributed by atoms with E-state index in [1.165, 1.54) is 12.8 Å². The Kier molecular flexibility index (Phi) is 3.78. The standard InChI is InChI=1S/C19H22N4O/c1-22(2)15-9-10-23(12-15)19(24)14-6-8-18-16(11-14)17(20-21-18)7-5-13-3-4-13/h6,8,11,13,15H,3-4,9-10,12H2,1-2H3,(H,20,21)/t15-/m1/s1. The molecule has 1 amide bonds. The third-order valence-corrected chi connectivity index (χ3v) is 4.96. The topological polar surface area (TPSA) is 52.2 Å². The number of nitrogens with one attached hydrogen (secondary N) is 1. The van der Waals surface area contributed by atoms with E-state index in [2.05, 4.69) is 41.0 Å². The Morgan fingerprint density at radius 3 is 2.88 bits per heavy atom. The Labute approximate surface area is 142 Å². The molecule has 0 bridgehead atoms. The van der Waals surface area contributed by atoms with Gasteiger partial charge in [0, 0.05) is 36.0 Å². The molecular formula is C19H22N4O. The van der Waals surface area contributed by atoms with E-state index >= 15 is 0 Å². The van der Waals surface area contributed by atoms with Gasteiger partial charge in [-0.25, -0.2) is 0 Å². The first kappa shape index (κ1) is 15.2. The molecule has 1 aliphatic carbocycles. The normalized spacial score (nSPS) is 20.5. The number of likely N-dealkylation sites (tertiary alicyclic amines) is 1. The molecule has 1 aromatic heterocycles. The highest BCUT2D eigenvalue weighted by Gasteiger charge is 2.28. The molecule has 124 valence electrons. The van der Waals surface area contributed by atoms with Crippen LogP contribution >= 0.6 is 0 Å². The summed E-state index contributed by atoms with van der Waals surface area (Å²) in [6, 6.07) is 6.15.